The van der Waals surface area contributed by atoms with E-state index in [0.29, 0.717) is 28.4 Å². The predicted octanol–water partition coefficient (Wildman–Crippen LogP) is 2.17. The maximum Gasteiger partial charge on any atom is 0.265 e. The summed E-state index contributed by atoms with van der Waals surface area (Å²) < 4.78 is 3.40. The minimum Gasteiger partial charge on any atom is -0.343 e. The van der Waals surface area contributed by atoms with E-state index in [9.17, 15) is 9.59 Å². The Morgan fingerprint density at radius 2 is 1.97 bits per heavy atom. The van der Waals surface area contributed by atoms with Gasteiger partial charge in [-0.05, 0) is 45.1 Å². The van der Waals surface area contributed by atoms with E-state index < -0.39 is 0 Å². The highest BCUT2D eigenvalue weighted by Crippen LogP contribution is 2.34. The van der Waals surface area contributed by atoms with Crippen molar-refractivity contribution in [1.82, 2.24) is 29.1 Å². The molecule has 4 heterocycles. The van der Waals surface area contributed by atoms with Crippen molar-refractivity contribution < 1.29 is 4.79 Å². The summed E-state index contributed by atoms with van der Waals surface area (Å²) in [6.07, 6.45) is 3.89. The second-order valence-corrected chi connectivity index (χ2v) is 9.39. The van der Waals surface area contributed by atoms with Gasteiger partial charge in [-0.25, -0.2) is 9.67 Å². The Morgan fingerprint density at radius 3 is 2.71 bits per heavy atom. The Kier molecular flexibility index (Phi) is 5.31. The lowest BCUT2D eigenvalue weighted by Crippen LogP contribution is -2.45. The van der Waals surface area contributed by atoms with E-state index in [0.717, 1.165) is 31.6 Å². The van der Waals surface area contributed by atoms with Crippen LogP contribution < -0.4 is 5.56 Å². The number of piperidine rings is 1. The molecule has 9 heteroatoms. The van der Waals surface area contributed by atoms with Crippen molar-refractivity contribution >= 4 is 28.7 Å². The van der Waals surface area contributed by atoms with Crippen molar-refractivity contribution in [2.75, 3.05) is 32.9 Å². The van der Waals surface area contributed by atoms with Gasteiger partial charge in [-0.15, -0.1) is 0 Å². The third kappa shape index (κ3) is 3.65. The maximum absolute atomic E-state index is 13.3. The lowest BCUT2D eigenvalue weighted by Gasteiger charge is -2.35. The molecule has 0 bridgehead atoms. The number of thioether (sulfide) groups is 1. The zero-order valence-electron chi connectivity index (χ0n) is 17.8. The Morgan fingerprint density at radius 1 is 1.23 bits per heavy atom. The number of carbonyl (C=O) groups is 1. The summed E-state index contributed by atoms with van der Waals surface area (Å²) in [5, 5.41) is 5.55. The number of nitrogens with zero attached hydrogens (tertiary/aromatic N) is 6. The number of aromatic nitrogens is 4. The minimum absolute atomic E-state index is 0.0972. The molecular weight excluding hydrogens is 412 g/mol. The molecule has 0 radical (unpaired) electrons. The number of hydrogen-bond donors (Lipinski definition) is 0. The number of likely N-dealkylation sites (tertiary alicyclic amines) is 1. The van der Waals surface area contributed by atoms with Crippen LogP contribution >= 0.6 is 11.8 Å². The normalized spacial score (nSPS) is 19.6. The monoisotopic (exact) mass is 438 g/mol. The van der Waals surface area contributed by atoms with Crippen molar-refractivity contribution in [2.45, 2.75) is 36.5 Å². The third-order valence-electron chi connectivity index (χ3n) is 6.41. The average molecular weight is 439 g/mol. The first-order chi connectivity index (χ1) is 15.0. The van der Waals surface area contributed by atoms with E-state index >= 15 is 0 Å². The van der Waals surface area contributed by atoms with Crippen LogP contribution in [0.1, 0.15) is 25.3 Å². The van der Waals surface area contributed by atoms with Crippen molar-refractivity contribution in [1.29, 1.82) is 0 Å². The van der Waals surface area contributed by atoms with Crippen molar-refractivity contribution in [3.05, 3.63) is 46.9 Å². The molecule has 1 saturated heterocycles. The molecule has 0 aliphatic carbocycles. The fourth-order valence-corrected chi connectivity index (χ4v) is 5.60. The van der Waals surface area contributed by atoms with E-state index in [1.165, 1.54) is 11.8 Å². The van der Waals surface area contributed by atoms with Crippen LogP contribution in [0, 0.1) is 0 Å². The van der Waals surface area contributed by atoms with E-state index in [-0.39, 0.29) is 23.6 Å². The summed E-state index contributed by atoms with van der Waals surface area (Å²) in [5.74, 6) is 0.778. The van der Waals surface area contributed by atoms with E-state index in [1.54, 1.807) is 15.4 Å². The molecule has 0 unspecified atom stereocenters. The number of carbonyl (C=O) groups excluding carboxylic acids is 1. The minimum atomic E-state index is -0.175. The zero-order chi connectivity index (χ0) is 21.5. The first-order valence-corrected chi connectivity index (χ1v) is 11.6. The number of rotatable bonds is 4. The van der Waals surface area contributed by atoms with Crippen molar-refractivity contribution in [3.8, 4) is 5.69 Å². The Labute approximate surface area is 184 Å². The number of para-hydroxylation sites is 1. The van der Waals surface area contributed by atoms with E-state index in [2.05, 4.69) is 17.0 Å². The Bertz CT molecular complexity index is 1170. The largest absolute Gasteiger partial charge is 0.343 e. The number of hydrogen-bond acceptors (Lipinski definition) is 6. The van der Waals surface area contributed by atoms with Gasteiger partial charge in [0, 0.05) is 25.3 Å². The SMILES string of the molecule is CN1CCC(N(C)C(=O)C[C@H]2CSc3nc4c(cnn4-c4ccccc4)c(=O)n32)CC1. The summed E-state index contributed by atoms with van der Waals surface area (Å²) in [6.45, 7) is 2.02. The van der Waals surface area contributed by atoms with Gasteiger partial charge in [-0.3, -0.25) is 14.2 Å². The second-order valence-electron chi connectivity index (χ2n) is 8.41. The fourth-order valence-electron chi connectivity index (χ4n) is 4.47. The zero-order valence-corrected chi connectivity index (χ0v) is 18.6. The van der Waals surface area contributed by atoms with Crippen molar-refractivity contribution in [3.63, 3.8) is 0 Å². The molecule has 5 rings (SSSR count). The number of fused-ring (bicyclic) bond motifs is 2. The fraction of sp³-hybridized carbons (Fsp3) is 0.455. The molecular formula is C22H26N6O2S. The van der Waals surface area contributed by atoms with E-state index in [1.807, 2.05) is 42.3 Å². The lowest BCUT2D eigenvalue weighted by atomic mass is 10.0. The van der Waals surface area contributed by atoms with Crippen LogP contribution in [0.4, 0.5) is 0 Å². The van der Waals surface area contributed by atoms with Gasteiger partial charge in [0.2, 0.25) is 5.91 Å². The molecule has 1 amide bonds. The lowest BCUT2D eigenvalue weighted by molar-refractivity contribution is -0.133. The first-order valence-electron chi connectivity index (χ1n) is 10.7. The van der Waals surface area contributed by atoms with Gasteiger partial charge in [-0.1, -0.05) is 30.0 Å². The molecule has 0 spiro atoms. The van der Waals surface area contributed by atoms with Crippen LogP contribution in [0.15, 0.2) is 46.5 Å². The standard InChI is InChI=1S/C22H26N6O2S/c1-25-10-8-15(9-11-25)26(2)19(29)12-17-14-31-22-24-20-18(21(30)27(17)22)13-23-28(20)16-6-4-3-5-7-16/h3-7,13,15,17H,8-12,14H2,1-2H3/t17-/m0/s1. The molecule has 1 aromatic carbocycles. The van der Waals surface area contributed by atoms with Gasteiger partial charge >= 0.3 is 0 Å². The number of amides is 1. The molecule has 1 fully saturated rings. The van der Waals surface area contributed by atoms with Crippen LogP contribution in [-0.4, -0.2) is 74.0 Å². The Hall–Kier alpha value is -2.65. The van der Waals surface area contributed by atoms with Gasteiger partial charge in [0.05, 0.1) is 17.9 Å². The highest BCUT2D eigenvalue weighted by Gasteiger charge is 2.32. The first kappa shape index (κ1) is 20.3. The summed E-state index contributed by atoms with van der Waals surface area (Å²) in [5.41, 5.74) is 1.31. The smallest absolute Gasteiger partial charge is 0.265 e. The molecule has 8 nitrogen and oxygen atoms in total. The Balaban J connectivity index is 1.40. The highest BCUT2D eigenvalue weighted by atomic mass is 32.2. The van der Waals surface area contributed by atoms with Gasteiger partial charge in [-0.2, -0.15) is 5.10 Å². The molecule has 2 aliphatic heterocycles. The summed E-state index contributed by atoms with van der Waals surface area (Å²) in [7, 11) is 4.01. The quantitative estimate of drug-likeness (QED) is 0.581. The predicted molar refractivity (Wildman–Crippen MR) is 121 cm³/mol. The molecule has 2 aromatic heterocycles. The summed E-state index contributed by atoms with van der Waals surface area (Å²) in [6, 6.07) is 9.78. The van der Waals surface area contributed by atoms with Gasteiger partial charge in [0.15, 0.2) is 10.8 Å². The molecule has 31 heavy (non-hydrogen) atoms. The van der Waals surface area contributed by atoms with Crippen LogP contribution in [-0.2, 0) is 4.79 Å². The second kappa shape index (κ2) is 8.12. The summed E-state index contributed by atoms with van der Waals surface area (Å²) >= 11 is 1.54. The van der Waals surface area contributed by atoms with Crippen molar-refractivity contribution in [2.24, 2.45) is 0 Å². The number of benzene rings is 1. The van der Waals surface area contributed by atoms with Crippen LogP contribution in [0.3, 0.4) is 0 Å². The topological polar surface area (TPSA) is 76.3 Å². The maximum atomic E-state index is 13.3. The van der Waals surface area contributed by atoms with Gasteiger partial charge in [0.1, 0.15) is 5.39 Å². The average Bonchev–Trinajstić information content (AvgIpc) is 3.39. The molecule has 1 atom stereocenters. The molecule has 162 valence electrons. The molecule has 0 N–H and O–H groups in total. The highest BCUT2D eigenvalue weighted by molar-refractivity contribution is 7.99. The molecule has 0 saturated carbocycles. The van der Waals surface area contributed by atoms with Gasteiger partial charge in [0.25, 0.3) is 5.56 Å². The van der Waals surface area contributed by atoms with Crippen LogP contribution in [0.5, 0.6) is 0 Å². The van der Waals surface area contributed by atoms with Crippen LogP contribution in [0.25, 0.3) is 16.7 Å². The van der Waals surface area contributed by atoms with Crippen LogP contribution in [0.2, 0.25) is 0 Å². The molecule has 3 aromatic rings. The van der Waals surface area contributed by atoms with Gasteiger partial charge < -0.3 is 9.80 Å². The third-order valence-corrected chi connectivity index (χ3v) is 7.51. The molecule has 2 aliphatic rings. The summed E-state index contributed by atoms with van der Waals surface area (Å²) in [4.78, 5) is 35.2. The van der Waals surface area contributed by atoms with E-state index in [4.69, 9.17) is 4.98 Å².